The molecule has 18 nitrogen and oxygen atoms in total. The van der Waals surface area contributed by atoms with Gasteiger partial charge in [-0.25, -0.2) is 19.3 Å². The maximum absolute atomic E-state index is 13.2. The average molecular weight is 1060 g/mol. The number of allylic oxidation sites excluding steroid dienone is 2. The van der Waals surface area contributed by atoms with Crippen LogP contribution in [0.15, 0.2) is 84.2 Å². The first kappa shape index (κ1) is 62.2. The number of urea groups is 2. The number of carbonyl (C=O) groups excluding carboxylic acids is 4. The topological polar surface area (TPSA) is 231 Å². The summed E-state index contributed by atoms with van der Waals surface area (Å²) in [6.07, 6.45) is 10.1. The second kappa shape index (κ2) is 28.8. The van der Waals surface area contributed by atoms with E-state index in [9.17, 15) is 29.2 Å². The minimum atomic E-state index is -1.71. The van der Waals surface area contributed by atoms with Crippen LogP contribution >= 0.6 is 0 Å². The van der Waals surface area contributed by atoms with Crippen LogP contribution in [0.25, 0.3) is 9.69 Å². The van der Waals surface area contributed by atoms with Crippen molar-refractivity contribution in [2.45, 2.75) is 156 Å². The van der Waals surface area contributed by atoms with E-state index in [2.05, 4.69) is 63.9 Å². The molecule has 8 atom stereocenters. The molecule has 77 heavy (non-hydrogen) atoms. The first-order chi connectivity index (χ1) is 36.5. The standard InChI is InChI=1S/C31H43BN4O4.C21H29BN4O4.C4H11BO2/c1-20(2)15-24(33-6)28(37)36-14-10-13-23(36)19-34-29(38)35-27(16-21-11-8-7-9-12-21)32-39-26-18-22-17-25(30(22,3)4)31(26,5)40-32;1-15(2)12-18(23-3)20(27)26-11-7-10-17(26)14-24-21(28)25-19(22(29)30)13-16-8-5-4-6-9-16;1-4(2)3-5(6)7/h7-9,11-12,15,20,22-23,25-27H,10,13-14,16-19H2,1-5H3,(H2,34,35,38);4-6,8-9,12,15,17,19,29-30H,7,10-11,13-14H2,1-2H3,(H2,24,25,28);4,6-7H,3H2,1-2H3/t22-,23-,25-,26+,27-,31-;17-,19-;/m00./s1. The van der Waals surface area contributed by atoms with Crippen molar-refractivity contribution in [2.75, 3.05) is 26.2 Å². The highest BCUT2D eigenvalue weighted by Gasteiger charge is 2.68. The van der Waals surface area contributed by atoms with Crippen molar-refractivity contribution < 1.29 is 48.6 Å². The van der Waals surface area contributed by atoms with E-state index < -0.39 is 33.3 Å². The third-order valence-corrected chi connectivity index (χ3v) is 15.5. The molecule has 3 aliphatic heterocycles. The van der Waals surface area contributed by atoms with Crippen LogP contribution in [0.5, 0.6) is 0 Å². The predicted octanol–water partition coefficient (Wildman–Crippen LogP) is 6.09. The lowest BCUT2D eigenvalue weighted by molar-refractivity contribution is -0.199. The SMILES string of the molecule is CC(C)CB(O)O.[C-]#[N+]C(=CC(C)C)C(=O)N1CCC[C@H]1CNC(=O)N[C@@H](Cc1ccccc1)B(O)O.[C-]#[N+]C(=CC(C)C)C(=O)N1CCC[C@H]1CNC(=O)N[C@@H](Cc1ccccc1)B1O[C@@H]2C[C@@H]3C[C@@H](C3(C)C)[C@]2(C)O1. The highest BCUT2D eigenvalue weighted by Crippen LogP contribution is 2.65. The number of carbonyl (C=O) groups is 4. The third-order valence-electron chi connectivity index (χ3n) is 15.5. The van der Waals surface area contributed by atoms with Crippen LogP contribution in [0.1, 0.15) is 112 Å². The van der Waals surface area contributed by atoms with Gasteiger partial charge >= 0.3 is 33.4 Å². The summed E-state index contributed by atoms with van der Waals surface area (Å²) in [5.41, 5.74) is 2.11. The first-order valence-corrected chi connectivity index (χ1v) is 27.5. The van der Waals surface area contributed by atoms with Crippen LogP contribution < -0.4 is 21.3 Å². The Balaban J connectivity index is 0.000000261. The lowest BCUT2D eigenvalue weighted by Gasteiger charge is -2.64. The molecule has 6 amide bonds. The molecule has 3 saturated heterocycles. The van der Waals surface area contributed by atoms with E-state index in [0.29, 0.717) is 50.1 Å². The molecule has 6 fully saturated rings. The molecule has 0 spiro atoms. The lowest BCUT2D eigenvalue weighted by Crippen LogP contribution is -2.65. The smallest absolute Gasteiger partial charge is 0.427 e. The number of nitrogens with one attached hydrogen (secondary N) is 4. The molecule has 3 saturated carbocycles. The van der Waals surface area contributed by atoms with Gasteiger partial charge in [0.15, 0.2) is 0 Å². The van der Waals surface area contributed by atoms with Crippen LogP contribution in [0, 0.1) is 48.1 Å². The Bertz CT molecular complexity index is 2410. The van der Waals surface area contributed by atoms with Crippen molar-refractivity contribution in [3.63, 3.8) is 0 Å². The summed E-state index contributed by atoms with van der Waals surface area (Å²) in [4.78, 5) is 61.5. The molecule has 6 aliphatic rings. The van der Waals surface area contributed by atoms with Crippen molar-refractivity contribution in [2.24, 2.45) is 35.0 Å². The molecule has 0 unspecified atom stereocenters. The fourth-order valence-electron chi connectivity index (χ4n) is 11.4. The van der Waals surface area contributed by atoms with Gasteiger partial charge in [0, 0.05) is 38.3 Å². The average Bonchev–Trinajstić information content (AvgIpc) is 4.15. The van der Waals surface area contributed by atoms with Crippen LogP contribution in [0.2, 0.25) is 6.32 Å². The molecule has 3 aliphatic carbocycles. The number of likely N-dealkylation sites (tertiary alicyclic amines) is 2. The molecule has 21 heteroatoms. The van der Waals surface area contributed by atoms with E-state index in [1.807, 2.05) is 90.1 Å². The van der Waals surface area contributed by atoms with E-state index in [0.717, 1.165) is 43.2 Å². The minimum absolute atomic E-state index is 0.0333. The summed E-state index contributed by atoms with van der Waals surface area (Å²) in [7, 11) is -3.37. The van der Waals surface area contributed by atoms with Gasteiger partial charge in [0.1, 0.15) is 0 Å². The second-order valence-corrected chi connectivity index (χ2v) is 23.1. The van der Waals surface area contributed by atoms with E-state index in [4.69, 9.17) is 32.5 Å². The predicted molar refractivity (Wildman–Crippen MR) is 300 cm³/mol. The van der Waals surface area contributed by atoms with E-state index in [-0.39, 0.29) is 89.2 Å². The van der Waals surface area contributed by atoms with Gasteiger partial charge in [-0.15, -0.1) is 0 Å². The van der Waals surface area contributed by atoms with Gasteiger partial charge in [0.25, 0.3) is 11.8 Å². The van der Waals surface area contributed by atoms with Crippen LogP contribution in [-0.2, 0) is 31.7 Å². The zero-order valence-corrected chi connectivity index (χ0v) is 46.7. The van der Waals surface area contributed by atoms with Crippen molar-refractivity contribution >= 4 is 45.2 Å². The Labute approximate surface area is 458 Å². The number of hydrogen-bond donors (Lipinski definition) is 8. The van der Waals surface area contributed by atoms with Crippen molar-refractivity contribution in [1.82, 2.24) is 31.1 Å². The molecule has 8 N–H and O–H groups in total. The molecule has 2 bridgehead atoms. The van der Waals surface area contributed by atoms with Crippen molar-refractivity contribution in [3.8, 4) is 0 Å². The molecular weight excluding hydrogens is 977 g/mol. The molecule has 8 rings (SSSR count). The Hall–Kier alpha value is -5.67. The quantitative estimate of drug-likeness (QED) is 0.0487. The monoisotopic (exact) mass is 1060 g/mol. The maximum Gasteiger partial charge on any atom is 0.482 e. The maximum atomic E-state index is 13.2. The molecular formula is C56H83B3N8O10. The zero-order valence-electron chi connectivity index (χ0n) is 46.7. The Morgan fingerprint density at radius 1 is 0.740 bits per heavy atom. The Morgan fingerprint density at radius 3 is 1.64 bits per heavy atom. The van der Waals surface area contributed by atoms with Gasteiger partial charge in [-0.05, 0) is 111 Å². The van der Waals surface area contributed by atoms with Crippen LogP contribution in [0.4, 0.5) is 9.59 Å². The molecule has 2 aromatic rings. The summed E-state index contributed by atoms with van der Waals surface area (Å²) in [5.74, 6) is -0.118. The number of amides is 6. The van der Waals surface area contributed by atoms with Gasteiger partial charge in [-0.3, -0.25) is 9.59 Å². The molecule has 2 aromatic carbocycles. The van der Waals surface area contributed by atoms with Crippen molar-refractivity contribution in [1.29, 1.82) is 0 Å². The lowest BCUT2D eigenvalue weighted by atomic mass is 9.43. The normalized spacial score (nSPS) is 23.9. The Morgan fingerprint density at radius 2 is 1.22 bits per heavy atom. The number of rotatable bonds is 18. The van der Waals surface area contributed by atoms with E-state index >= 15 is 0 Å². The van der Waals surface area contributed by atoms with E-state index in [1.165, 1.54) is 6.42 Å². The van der Waals surface area contributed by atoms with Gasteiger partial charge < -0.3 is 60.5 Å². The minimum Gasteiger partial charge on any atom is -0.427 e. The molecule has 0 aromatic heterocycles. The fraction of sp³-hybridized carbons (Fsp3) is 0.607. The first-order valence-electron chi connectivity index (χ1n) is 27.5. The van der Waals surface area contributed by atoms with Gasteiger partial charge in [0.2, 0.25) is 11.4 Å². The molecule has 0 radical (unpaired) electrons. The largest absolute Gasteiger partial charge is 0.482 e. The van der Waals surface area contributed by atoms with Crippen LogP contribution in [-0.4, -0.2) is 137 Å². The van der Waals surface area contributed by atoms with Crippen molar-refractivity contribution in [3.05, 3.63) is 118 Å². The molecule has 416 valence electrons. The van der Waals surface area contributed by atoms with Gasteiger partial charge in [-0.2, -0.15) is 0 Å². The molecule has 3 heterocycles. The summed E-state index contributed by atoms with van der Waals surface area (Å²) in [5, 5.41) is 47.2. The number of nitrogens with zero attached hydrogens (tertiary/aromatic N) is 4. The third kappa shape index (κ3) is 17.4. The summed E-state index contributed by atoms with van der Waals surface area (Å²) >= 11 is 0. The Kier molecular flexibility index (Phi) is 23.3. The highest BCUT2D eigenvalue weighted by molar-refractivity contribution is 6.48. The van der Waals surface area contributed by atoms with Gasteiger partial charge in [0.05, 0.1) is 36.7 Å². The number of benzene rings is 2. The summed E-state index contributed by atoms with van der Waals surface area (Å²) in [6, 6.07) is 18.1. The van der Waals surface area contributed by atoms with Crippen LogP contribution in [0.3, 0.4) is 0 Å². The summed E-state index contributed by atoms with van der Waals surface area (Å²) < 4.78 is 13.3. The summed E-state index contributed by atoms with van der Waals surface area (Å²) in [6.45, 7) is 34.9. The fourth-order valence-corrected chi connectivity index (χ4v) is 11.4. The van der Waals surface area contributed by atoms with E-state index in [1.54, 1.807) is 22.0 Å². The second-order valence-electron chi connectivity index (χ2n) is 23.1. The zero-order chi connectivity index (χ0) is 56.6. The highest BCUT2D eigenvalue weighted by atomic mass is 16.7. The number of hydrogen-bond acceptors (Lipinski definition) is 10. The van der Waals surface area contributed by atoms with Gasteiger partial charge in [-0.1, -0.05) is 128 Å².